The highest BCUT2D eigenvalue weighted by atomic mass is 16.3. The topological polar surface area (TPSA) is 69.6 Å². The average Bonchev–Trinajstić information content (AvgIpc) is 3.23. The molecule has 0 saturated carbocycles. The van der Waals surface area contributed by atoms with Gasteiger partial charge in [0.25, 0.3) is 5.91 Å². The minimum atomic E-state index is -0.00262. The first-order valence-corrected chi connectivity index (χ1v) is 10.2. The Morgan fingerprint density at radius 3 is 2.46 bits per heavy atom. The summed E-state index contributed by atoms with van der Waals surface area (Å²) in [6, 6.07) is 8.90. The molecule has 148 valence electrons. The maximum atomic E-state index is 12.5. The molecule has 1 unspecified atom stereocenters. The Morgan fingerprint density at radius 1 is 1.04 bits per heavy atom. The normalized spacial score (nSPS) is 21.2. The van der Waals surface area contributed by atoms with Gasteiger partial charge in [-0.2, -0.15) is 0 Å². The molecule has 2 aromatic rings. The van der Waals surface area contributed by atoms with E-state index in [-0.39, 0.29) is 12.5 Å². The molecule has 1 amide bonds. The molecule has 2 saturated heterocycles. The molecule has 0 radical (unpaired) electrons. The Kier molecular flexibility index (Phi) is 5.98. The summed E-state index contributed by atoms with van der Waals surface area (Å²) in [6.07, 6.45) is 9.11. The van der Waals surface area contributed by atoms with Crippen molar-refractivity contribution in [3.8, 4) is 0 Å². The fourth-order valence-corrected chi connectivity index (χ4v) is 4.48. The Labute approximate surface area is 166 Å². The summed E-state index contributed by atoms with van der Waals surface area (Å²) >= 11 is 0. The number of aromatic nitrogens is 2. The van der Waals surface area contributed by atoms with Crippen molar-refractivity contribution < 1.29 is 9.90 Å². The van der Waals surface area contributed by atoms with Crippen LogP contribution < -0.4 is 0 Å². The first-order chi connectivity index (χ1) is 13.7. The van der Waals surface area contributed by atoms with Gasteiger partial charge >= 0.3 is 0 Å². The van der Waals surface area contributed by atoms with E-state index in [4.69, 9.17) is 0 Å². The van der Waals surface area contributed by atoms with E-state index < -0.39 is 0 Å². The molecule has 1 N–H and O–H groups in total. The largest absolute Gasteiger partial charge is 0.392 e. The Morgan fingerprint density at radius 2 is 1.79 bits per heavy atom. The Bertz CT molecular complexity index is 773. The van der Waals surface area contributed by atoms with Crippen molar-refractivity contribution in [1.29, 1.82) is 0 Å². The van der Waals surface area contributed by atoms with E-state index in [0.29, 0.717) is 17.7 Å². The summed E-state index contributed by atoms with van der Waals surface area (Å²) in [6.45, 7) is 4.00. The van der Waals surface area contributed by atoms with Gasteiger partial charge in [-0.25, -0.2) is 4.98 Å². The molecule has 1 atom stereocenters. The second-order valence-corrected chi connectivity index (χ2v) is 7.94. The molecule has 6 heteroatoms. The molecule has 0 bridgehead atoms. The molecular formula is C22H28N4O2. The molecule has 3 heterocycles. The zero-order chi connectivity index (χ0) is 19.3. The van der Waals surface area contributed by atoms with Crippen LogP contribution in [0, 0.1) is 5.92 Å². The van der Waals surface area contributed by atoms with Crippen LogP contribution in [0.2, 0.25) is 0 Å². The van der Waals surface area contributed by atoms with Gasteiger partial charge in [-0.3, -0.25) is 14.7 Å². The van der Waals surface area contributed by atoms with Crippen molar-refractivity contribution in [1.82, 2.24) is 19.8 Å². The average molecular weight is 380 g/mol. The third-order valence-corrected chi connectivity index (χ3v) is 6.10. The van der Waals surface area contributed by atoms with Crippen LogP contribution in [0.3, 0.4) is 0 Å². The van der Waals surface area contributed by atoms with Gasteiger partial charge in [0.15, 0.2) is 0 Å². The van der Waals surface area contributed by atoms with Gasteiger partial charge in [0, 0.05) is 38.1 Å². The van der Waals surface area contributed by atoms with Crippen molar-refractivity contribution in [2.24, 2.45) is 5.92 Å². The van der Waals surface area contributed by atoms with E-state index in [1.165, 1.54) is 12.0 Å². The highest BCUT2D eigenvalue weighted by Gasteiger charge is 2.32. The lowest BCUT2D eigenvalue weighted by molar-refractivity contribution is 0.0635. The fraction of sp³-hybridized carbons (Fsp3) is 0.500. The Hall–Kier alpha value is -2.31. The third kappa shape index (κ3) is 4.39. The second kappa shape index (κ2) is 8.80. The van der Waals surface area contributed by atoms with Crippen LogP contribution in [0.5, 0.6) is 0 Å². The summed E-state index contributed by atoms with van der Waals surface area (Å²) in [5, 5.41) is 9.17. The van der Waals surface area contributed by atoms with Gasteiger partial charge in [0.05, 0.1) is 12.8 Å². The number of hydrogen-bond donors (Lipinski definition) is 1. The minimum absolute atomic E-state index is 0.00262. The van der Waals surface area contributed by atoms with E-state index in [2.05, 4.69) is 27.0 Å². The van der Waals surface area contributed by atoms with E-state index in [1.54, 1.807) is 18.6 Å². The van der Waals surface area contributed by atoms with Crippen LogP contribution in [0.1, 0.15) is 40.9 Å². The number of carbonyl (C=O) groups excluding carboxylic acids is 1. The quantitative estimate of drug-likeness (QED) is 0.861. The summed E-state index contributed by atoms with van der Waals surface area (Å²) in [5.41, 5.74) is 2.77. The zero-order valence-electron chi connectivity index (χ0n) is 16.2. The molecule has 2 aliphatic rings. The van der Waals surface area contributed by atoms with E-state index in [0.717, 1.165) is 51.0 Å². The number of likely N-dealkylation sites (tertiary alicyclic amines) is 2. The number of hydrogen-bond acceptors (Lipinski definition) is 5. The van der Waals surface area contributed by atoms with Crippen molar-refractivity contribution in [2.75, 3.05) is 26.2 Å². The van der Waals surface area contributed by atoms with Gasteiger partial charge in [-0.1, -0.05) is 24.3 Å². The van der Waals surface area contributed by atoms with Crippen LogP contribution >= 0.6 is 0 Å². The predicted octanol–water partition coefficient (Wildman–Crippen LogP) is 2.14. The number of rotatable bonds is 5. The van der Waals surface area contributed by atoms with Gasteiger partial charge in [0.2, 0.25) is 0 Å². The van der Waals surface area contributed by atoms with Gasteiger partial charge in [0.1, 0.15) is 5.69 Å². The standard InChI is InChI=1S/C22H28N4O2/c27-16-18-3-1-17(2-4-18)13-19-5-10-26(15-19)20-6-11-25(12-7-20)22(28)21-14-23-8-9-24-21/h1-4,8-9,14,19-20,27H,5-7,10-13,15-16H2. The number of aliphatic hydroxyl groups is 1. The summed E-state index contributed by atoms with van der Waals surface area (Å²) < 4.78 is 0. The van der Waals surface area contributed by atoms with E-state index in [1.807, 2.05) is 17.0 Å². The first-order valence-electron chi connectivity index (χ1n) is 10.2. The maximum Gasteiger partial charge on any atom is 0.274 e. The molecular weight excluding hydrogens is 352 g/mol. The molecule has 0 spiro atoms. The summed E-state index contributed by atoms with van der Waals surface area (Å²) in [7, 11) is 0. The highest BCUT2D eigenvalue weighted by Crippen LogP contribution is 2.27. The number of carbonyl (C=O) groups is 1. The van der Waals surface area contributed by atoms with Crippen LogP contribution in [-0.2, 0) is 13.0 Å². The SMILES string of the molecule is O=C(c1cnccn1)N1CCC(N2CCC(Cc3ccc(CO)cc3)C2)CC1. The van der Waals surface area contributed by atoms with Crippen molar-refractivity contribution in [2.45, 2.75) is 38.3 Å². The third-order valence-electron chi connectivity index (χ3n) is 6.10. The van der Waals surface area contributed by atoms with Crippen molar-refractivity contribution >= 4 is 5.91 Å². The smallest absolute Gasteiger partial charge is 0.274 e. The molecule has 1 aromatic heterocycles. The number of aliphatic hydroxyl groups excluding tert-OH is 1. The van der Waals surface area contributed by atoms with Gasteiger partial charge in [-0.05, 0) is 49.3 Å². The van der Waals surface area contributed by atoms with Crippen molar-refractivity contribution in [3.05, 3.63) is 59.7 Å². The summed E-state index contributed by atoms with van der Waals surface area (Å²) in [5.74, 6) is 0.691. The monoisotopic (exact) mass is 380 g/mol. The first kappa shape index (κ1) is 19.0. The zero-order valence-corrected chi connectivity index (χ0v) is 16.2. The Balaban J connectivity index is 1.26. The predicted molar refractivity (Wildman–Crippen MR) is 107 cm³/mol. The summed E-state index contributed by atoms with van der Waals surface area (Å²) in [4.78, 5) is 25.2. The molecule has 28 heavy (non-hydrogen) atoms. The number of amides is 1. The molecule has 4 rings (SSSR count). The molecule has 0 aliphatic carbocycles. The molecule has 2 fully saturated rings. The lowest BCUT2D eigenvalue weighted by Gasteiger charge is -2.36. The van der Waals surface area contributed by atoms with Crippen molar-refractivity contribution in [3.63, 3.8) is 0 Å². The lowest BCUT2D eigenvalue weighted by Crippen LogP contribution is -2.46. The lowest BCUT2D eigenvalue weighted by atomic mass is 9.97. The minimum Gasteiger partial charge on any atom is -0.392 e. The molecule has 6 nitrogen and oxygen atoms in total. The molecule has 2 aliphatic heterocycles. The van der Waals surface area contributed by atoms with Crippen LogP contribution in [0.25, 0.3) is 0 Å². The second-order valence-electron chi connectivity index (χ2n) is 7.94. The van der Waals surface area contributed by atoms with Crippen LogP contribution in [0.15, 0.2) is 42.9 Å². The highest BCUT2D eigenvalue weighted by molar-refractivity contribution is 5.92. The van der Waals surface area contributed by atoms with E-state index in [9.17, 15) is 9.90 Å². The number of benzene rings is 1. The maximum absolute atomic E-state index is 12.5. The van der Waals surface area contributed by atoms with E-state index >= 15 is 0 Å². The van der Waals surface area contributed by atoms with Gasteiger partial charge in [-0.15, -0.1) is 0 Å². The van der Waals surface area contributed by atoms with Crippen LogP contribution in [0.4, 0.5) is 0 Å². The van der Waals surface area contributed by atoms with Gasteiger partial charge < -0.3 is 10.0 Å². The molecule has 1 aromatic carbocycles. The number of nitrogens with zero attached hydrogens (tertiary/aromatic N) is 4. The fourth-order valence-electron chi connectivity index (χ4n) is 4.48. The number of piperidine rings is 1. The van der Waals surface area contributed by atoms with Crippen LogP contribution in [-0.4, -0.2) is 63.0 Å².